The lowest BCUT2D eigenvalue weighted by atomic mass is 9.90. The summed E-state index contributed by atoms with van der Waals surface area (Å²) in [6.45, 7) is 8.13. The summed E-state index contributed by atoms with van der Waals surface area (Å²) in [5, 5.41) is 1.14. The number of aromatic nitrogens is 1. The van der Waals surface area contributed by atoms with Gasteiger partial charge in [-0.15, -0.1) is 0 Å². The van der Waals surface area contributed by atoms with Crippen molar-refractivity contribution in [2.45, 2.75) is 13.8 Å². The molecule has 0 spiro atoms. The van der Waals surface area contributed by atoms with Crippen LogP contribution < -0.4 is 0 Å². The molecular weight excluding hydrogens is 629 g/mol. The van der Waals surface area contributed by atoms with Gasteiger partial charge in [-0.1, -0.05) is 164 Å². The lowest BCUT2D eigenvalue weighted by Gasteiger charge is -2.17. The summed E-state index contributed by atoms with van der Waals surface area (Å²) in [4.78, 5) is 10.1. The molecule has 7 aromatic rings. The molecule has 2 nitrogen and oxygen atoms in total. The van der Waals surface area contributed by atoms with Crippen LogP contribution in [-0.4, -0.2) is 10.7 Å². The molecule has 6 aromatic carbocycles. The molecule has 0 saturated carbocycles. The van der Waals surface area contributed by atoms with Gasteiger partial charge in [-0.25, -0.2) is 4.99 Å². The molecule has 0 fully saturated rings. The van der Waals surface area contributed by atoms with Crippen LogP contribution in [0.2, 0.25) is 0 Å². The van der Waals surface area contributed by atoms with E-state index < -0.39 is 0 Å². The fraction of sp³-hybridized carbons (Fsp3) is 0.0400. The van der Waals surface area contributed by atoms with E-state index >= 15 is 0 Å². The lowest BCUT2D eigenvalue weighted by Crippen LogP contribution is -2.09. The monoisotopic (exact) mass is 666 g/mol. The summed E-state index contributed by atoms with van der Waals surface area (Å²) in [7, 11) is 0. The number of allylic oxidation sites excluding steroid dienone is 4. The Morgan fingerprint density at radius 1 is 0.615 bits per heavy atom. The quantitative estimate of drug-likeness (QED) is 0.155. The van der Waals surface area contributed by atoms with Gasteiger partial charge in [0.2, 0.25) is 0 Å². The molecule has 1 aliphatic carbocycles. The SMILES string of the molecule is C=C/C=C\c1cccc(-c2ccc(-c3ccc(C)c(N=C4/C(=C/c5ccc(-c6cccc7cccnc67)cc5)C=Cc5ccccc54)c3)cc2)c1C. The Balaban J connectivity index is 1.13. The summed E-state index contributed by atoms with van der Waals surface area (Å²) in [5.41, 5.74) is 18.0. The average molecular weight is 667 g/mol. The van der Waals surface area contributed by atoms with E-state index in [1.807, 2.05) is 24.4 Å². The predicted molar refractivity (Wildman–Crippen MR) is 223 cm³/mol. The first-order valence-corrected chi connectivity index (χ1v) is 17.7. The largest absolute Gasteiger partial charge is 0.256 e. The highest BCUT2D eigenvalue weighted by molar-refractivity contribution is 6.21. The Hall–Kier alpha value is -6.64. The molecule has 0 radical (unpaired) electrons. The van der Waals surface area contributed by atoms with Crippen LogP contribution in [0.4, 0.5) is 5.69 Å². The molecule has 0 unspecified atom stereocenters. The summed E-state index contributed by atoms with van der Waals surface area (Å²) >= 11 is 0. The first-order valence-electron chi connectivity index (χ1n) is 17.7. The molecule has 0 N–H and O–H groups in total. The van der Waals surface area contributed by atoms with Crippen LogP contribution in [0.15, 0.2) is 181 Å². The van der Waals surface area contributed by atoms with Crippen molar-refractivity contribution >= 4 is 40.5 Å². The maximum absolute atomic E-state index is 5.41. The number of para-hydroxylation sites is 1. The van der Waals surface area contributed by atoms with Gasteiger partial charge in [-0.05, 0) is 87.7 Å². The lowest BCUT2D eigenvalue weighted by molar-refractivity contribution is 1.38. The van der Waals surface area contributed by atoms with Crippen molar-refractivity contribution in [2.24, 2.45) is 4.99 Å². The first-order chi connectivity index (χ1) is 25.6. The third kappa shape index (κ3) is 6.51. The summed E-state index contributed by atoms with van der Waals surface area (Å²) in [5.74, 6) is 0. The molecule has 0 bridgehead atoms. The van der Waals surface area contributed by atoms with E-state index in [9.17, 15) is 0 Å². The summed E-state index contributed by atoms with van der Waals surface area (Å²) in [6.07, 6.45) is 14.4. The van der Waals surface area contributed by atoms with E-state index in [1.165, 1.54) is 27.8 Å². The Morgan fingerprint density at radius 3 is 2.15 bits per heavy atom. The molecule has 0 amide bonds. The number of rotatable bonds is 7. The highest BCUT2D eigenvalue weighted by atomic mass is 14.8. The van der Waals surface area contributed by atoms with E-state index in [4.69, 9.17) is 4.99 Å². The highest BCUT2D eigenvalue weighted by Crippen LogP contribution is 2.34. The van der Waals surface area contributed by atoms with Gasteiger partial charge in [0.05, 0.1) is 16.9 Å². The van der Waals surface area contributed by atoms with Crippen molar-refractivity contribution < 1.29 is 0 Å². The molecule has 248 valence electrons. The number of hydrogen-bond donors (Lipinski definition) is 0. The number of aryl methyl sites for hydroxylation is 1. The molecular formula is C50H38N2. The van der Waals surface area contributed by atoms with Gasteiger partial charge in [-0.2, -0.15) is 0 Å². The van der Waals surface area contributed by atoms with Crippen LogP contribution in [0.5, 0.6) is 0 Å². The van der Waals surface area contributed by atoms with Gasteiger partial charge in [-0.3, -0.25) is 4.98 Å². The Bertz CT molecular complexity index is 2570. The van der Waals surface area contributed by atoms with Crippen LogP contribution in [0.25, 0.3) is 62.5 Å². The van der Waals surface area contributed by atoms with Crippen molar-refractivity contribution in [1.29, 1.82) is 0 Å². The Morgan fingerprint density at radius 2 is 1.31 bits per heavy atom. The van der Waals surface area contributed by atoms with Crippen LogP contribution >= 0.6 is 0 Å². The zero-order chi connectivity index (χ0) is 35.4. The van der Waals surface area contributed by atoms with Crippen LogP contribution in [0.3, 0.4) is 0 Å². The van der Waals surface area contributed by atoms with E-state index in [0.717, 1.165) is 66.8 Å². The average Bonchev–Trinajstić information content (AvgIpc) is 3.19. The zero-order valence-electron chi connectivity index (χ0n) is 29.4. The maximum atomic E-state index is 5.41. The Kier molecular flexibility index (Phi) is 8.96. The predicted octanol–water partition coefficient (Wildman–Crippen LogP) is 13.3. The maximum Gasteiger partial charge on any atom is 0.0787 e. The first kappa shape index (κ1) is 32.6. The molecule has 1 aromatic heterocycles. The zero-order valence-corrected chi connectivity index (χ0v) is 29.4. The second-order valence-electron chi connectivity index (χ2n) is 13.2. The van der Waals surface area contributed by atoms with Crippen molar-refractivity contribution in [2.75, 3.05) is 0 Å². The topological polar surface area (TPSA) is 25.2 Å². The minimum Gasteiger partial charge on any atom is -0.256 e. The normalized spacial score (nSPS) is 14.0. The van der Waals surface area contributed by atoms with E-state index in [-0.39, 0.29) is 0 Å². The number of benzene rings is 6. The second-order valence-corrected chi connectivity index (χ2v) is 13.2. The van der Waals surface area contributed by atoms with Crippen LogP contribution in [0, 0.1) is 13.8 Å². The minimum absolute atomic E-state index is 0.962. The van der Waals surface area contributed by atoms with Crippen molar-refractivity contribution in [3.8, 4) is 33.4 Å². The second kappa shape index (κ2) is 14.3. The van der Waals surface area contributed by atoms with Crippen LogP contribution in [-0.2, 0) is 0 Å². The smallest absolute Gasteiger partial charge is 0.0787 e. The van der Waals surface area contributed by atoms with Gasteiger partial charge in [0.25, 0.3) is 0 Å². The van der Waals surface area contributed by atoms with Crippen molar-refractivity contribution in [3.05, 3.63) is 209 Å². The molecule has 1 heterocycles. The van der Waals surface area contributed by atoms with E-state index in [0.29, 0.717) is 0 Å². The minimum atomic E-state index is 0.962. The van der Waals surface area contributed by atoms with Gasteiger partial charge < -0.3 is 0 Å². The number of nitrogens with zero attached hydrogens (tertiary/aromatic N) is 2. The molecule has 52 heavy (non-hydrogen) atoms. The molecule has 1 aliphatic rings. The van der Waals surface area contributed by atoms with Crippen LogP contribution in [0.1, 0.15) is 33.4 Å². The highest BCUT2D eigenvalue weighted by Gasteiger charge is 2.17. The number of pyridine rings is 1. The fourth-order valence-corrected chi connectivity index (χ4v) is 6.98. The molecule has 0 saturated heterocycles. The third-order valence-electron chi connectivity index (χ3n) is 9.87. The third-order valence-corrected chi connectivity index (χ3v) is 9.87. The molecule has 8 rings (SSSR count). The van der Waals surface area contributed by atoms with Crippen molar-refractivity contribution in [3.63, 3.8) is 0 Å². The van der Waals surface area contributed by atoms with Gasteiger partial charge in [0.15, 0.2) is 0 Å². The van der Waals surface area contributed by atoms with Gasteiger partial charge in [0, 0.05) is 28.3 Å². The van der Waals surface area contributed by atoms with E-state index in [1.54, 1.807) is 0 Å². The standard InChI is InChI=1S/C50H38N2/c1-4-5-11-37-13-8-17-45(35(37)3)40-27-25-38(26-28-40)43-22-19-34(2)48(33-43)52-50-44(30-29-39-12-6-7-16-47(39)50)32-36-20-23-41(24-21-36)46-18-9-14-42-15-10-31-51-49(42)46/h4-33H,1H2,2-3H3/b11-5-,44-32+,52-50?. The number of fused-ring (bicyclic) bond motifs is 2. The molecule has 0 aliphatic heterocycles. The molecule has 2 heteroatoms. The van der Waals surface area contributed by atoms with Gasteiger partial charge in [0.1, 0.15) is 0 Å². The van der Waals surface area contributed by atoms with Crippen molar-refractivity contribution in [1.82, 2.24) is 4.98 Å². The van der Waals surface area contributed by atoms with Gasteiger partial charge >= 0.3 is 0 Å². The molecule has 0 atom stereocenters. The summed E-state index contributed by atoms with van der Waals surface area (Å²) < 4.78 is 0. The fourth-order valence-electron chi connectivity index (χ4n) is 6.98. The van der Waals surface area contributed by atoms with E-state index in [2.05, 4.69) is 183 Å². The summed E-state index contributed by atoms with van der Waals surface area (Å²) in [6, 6.07) is 49.6. The Labute approximate surface area is 306 Å². The number of aliphatic imine (C=N–C) groups is 1. The number of hydrogen-bond acceptors (Lipinski definition) is 2.